The Balaban J connectivity index is 3.34. The Morgan fingerprint density at radius 2 is 2.29 bits per heavy atom. The van der Waals surface area contributed by atoms with Gasteiger partial charge < -0.3 is 5.73 Å². The summed E-state index contributed by atoms with van der Waals surface area (Å²) in [7, 11) is 0. The number of thioether (sulfide) groups is 1. The largest absolute Gasteiger partial charge is 0.387 e. The molecular formula is C4H10N2S. The van der Waals surface area contributed by atoms with Crippen LogP contribution in [-0.2, 0) is 0 Å². The number of nitrogens with two attached hydrogens (primary N) is 1. The molecule has 0 fully saturated rings. The van der Waals surface area contributed by atoms with Crippen molar-refractivity contribution in [3.63, 3.8) is 0 Å². The second-order valence-corrected chi connectivity index (χ2v) is 2.51. The highest BCUT2D eigenvalue weighted by atomic mass is 32.2. The lowest BCUT2D eigenvalue weighted by Crippen LogP contribution is -2.21. The van der Waals surface area contributed by atoms with E-state index in [1.54, 1.807) is 11.8 Å². The maximum atomic E-state index is 6.86. The third-order valence-corrected chi connectivity index (χ3v) is 1.75. The van der Waals surface area contributed by atoms with Gasteiger partial charge in [0.25, 0.3) is 0 Å². The highest BCUT2D eigenvalue weighted by Crippen LogP contribution is 2.02. The molecule has 0 rings (SSSR count). The second-order valence-electron chi connectivity index (χ2n) is 1.33. The molecule has 1 unspecified atom stereocenters. The quantitative estimate of drug-likeness (QED) is 0.413. The Labute approximate surface area is 48.0 Å². The van der Waals surface area contributed by atoms with E-state index in [1.165, 1.54) is 0 Å². The fourth-order valence-corrected chi connectivity index (χ4v) is 0.381. The van der Waals surface area contributed by atoms with E-state index in [0.29, 0.717) is 0 Å². The third-order valence-electron chi connectivity index (χ3n) is 0.792. The minimum absolute atomic E-state index is 0.181. The van der Waals surface area contributed by atoms with Gasteiger partial charge in [0.1, 0.15) is 5.84 Å². The van der Waals surface area contributed by atoms with Crippen LogP contribution in [0.3, 0.4) is 0 Å². The fourth-order valence-electron chi connectivity index (χ4n) is 0.127. The van der Waals surface area contributed by atoms with Gasteiger partial charge in [-0.25, -0.2) is 0 Å². The molecule has 2 nitrogen and oxygen atoms in total. The van der Waals surface area contributed by atoms with Crippen LogP contribution in [0.25, 0.3) is 0 Å². The molecule has 1 atom stereocenters. The van der Waals surface area contributed by atoms with Gasteiger partial charge in [-0.2, -0.15) is 11.8 Å². The molecule has 0 aromatic carbocycles. The summed E-state index contributed by atoms with van der Waals surface area (Å²) in [6.07, 6.45) is 1.94. The van der Waals surface area contributed by atoms with E-state index in [0.717, 1.165) is 0 Å². The molecule has 0 heterocycles. The molecular weight excluding hydrogens is 108 g/mol. The van der Waals surface area contributed by atoms with E-state index in [4.69, 9.17) is 11.1 Å². The van der Waals surface area contributed by atoms with Crippen molar-refractivity contribution in [2.24, 2.45) is 5.73 Å². The van der Waals surface area contributed by atoms with E-state index in [2.05, 4.69) is 0 Å². The molecule has 0 bridgehead atoms. The zero-order valence-electron chi connectivity index (χ0n) is 4.56. The Hall–Kier alpha value is -0.180. The highest BCUT2D eigenvalue weighted by Gasteiger charge is 1.98. The number of nitrogens with one attached hydrogen (secondary N) is 1. The number of rotatable bonds is 2. The summed E-state index contributed by atoms with van der Waals surface area (Å²) < 4.78 is 0. The zero-order chi connectivity index (χ0) is 5.86. The molecule has 3 N–H and O–H groups in total. The first-order valence-corrected chi connectivity index (χ1v) is 3.34. The summed E-state index contributed by atoms with van der Waals surface area (Å²) in [6.45, 7) is 1.91. The van der Waals surface area contributed by atoms with Gasteiger partial charge in [0, 0.05) is 0 Å². The maximum absolute atomic E-state index is 6.86. The summed E-state index contributed by atoms with van der Waals surface area (Å²) in [4.78, 5) is 0. The van der Waals surface area contributed by atoms with Crippen molar-refractivity contribution >= 4 is 17.6 Å². The minimum atomic E-state index is 0.181. The van der Waals surface area contributed by atoms with Gasteiger partial charge in [-0.15, -0.1) is 0 Å². The van der Waals surface area contributed by atoms with Crippen LogP contribution < -0.4 is 5.73 Å². The van der Waals surface area contributed by atoms with Crippen LogP contribution in [0.1, 0.15) is 6.92 Å². The lowest BCUT2D eigenvalue weighted by atomic mass is 10.4. The number of hydrogen-bond acceptors (Lipinski definition) is 2. The van der Waals surface area contributed by atoms with Crippen molar-refractivity contribution in [3.8, 4) is 0 Å². The molecule has 3 heteroatoms. The summed E-state index contributed by atoms with van der Waals surface area (Å²) in [6, 6.07) is 0. The third kappa shape index (κ3) is 2.51. The van der Waals surface area contributed by atoms with Gasteiger partial charge in [0.15, 0.2) is 0 Å². The van der Waals surface area contributed by atoms with Crippen molar-refractivity contribution in [2.75, 3.05) is 6.26 Å². The van der Waals surface area contributed by atoms with E-state index in [9.17, 15) is 0 Å². The standard InChI is InChI=1S/C4H10N2S/c1-3(7-2)4(5)6/h3H,1-2H3,(H3,5,6). The topological polar surface area (TPSA) is 49.9 Å². The smallest absolute Gasteiger partial charge is 0.104 e. The molecule has 0 saturated carbocycles. The summed E-state index contributed by atoms with van der Waals surface area (Å²) in [5, 5.41) is 7.04. The average molecular weight is 118 g/mol. The molecule has 0 radical (unpaired) electrons. The van der Waals surface area contributed by atoms with Crippen molar-refractivity contribution < 1.29 is 0 Å². The fraction of sp³-hybridized carbons (Fsp3) is 0.750. The van der Waals surface area contributed by atoms with Crippen LogP contribution in [0.5, 0.6) is 0 Å². The van der Waals surface area contributed by atoms with Gasteiger partial charge in [0.05, 0.1) is 5.25 Å². The zero-order valence-corrected chi connectivity index (χ0v) is 5.38. The number of amidine groups is 1. The van der Waals surface area contributed by atoms with Gasteiger partial charge in [0.2, 0.25) is 0 Å². The molecule has 0 saturated heterocycles. The monoisotopic (exact) mass is 118 g/mol. The lowest BCUT2D eigenvalue weighted by Gasteiger charge is -2.01. The molecule has 0 aliphatic heterocycles. The summed E-state index contributed by atoms with van der Waals surface area (Å²) in [5.74, 6) is 0.257. The molecule has 42 valence electrons. The van der Waals surface area contributed by atoms with Crippen LogP contribution >= 0.6 is 11.8 Å². The molecule has 0 aromatic rings. The molecule has 0 aromatic heterocycles. The van der Waals surface area contributed by atoms with E-state index >= 15 is 0 Å². The summed E-state index contributed by atoms with van der Waals surface area (Å²) >= 11 is 1.58. The van der Waals surface area contributed by atoms with Crippen LogP contribution in [0, 0.1) is 5.41 Å². The van der Waals surface area contributed by atoms with Gasteiger partial charge in [-0.1, -0.05) is 0 Å². The van der Waals surface area contributed by atoms with Gasteiger partial charge >= 0.3 is 0 Å². The first kappa shape index (κ1) is 6.82. The van der Waals surface area contributed by atoms with Crippen LogP contribution in [-0.4, -0.2) is 17.3 Å². The first-order chi connectivity index (χ1) is 3.18. The van der Waals surface area contributed by atoms with Gasteiger partial charge in [-0.05, 0) is 13.2 Å². The van der Waals surface area contributed by atoms with Gasteiger partial charge in [-0.3, -0.25) is 5.41 Å². The Morgan fingerprint density at radius 1 is 1.86 bits per heavy atom. The predicted octanol–water partition coefficient (Wildman–Crippen LogP) is 0.674. The van der Waals surface area contributed by atoms with Crippen LogP contribution in [0.15, 0.2) is 0 Å². The molecule has 7 heavy (non-hydrogen) atoms. The number of hydrogen-bond donors (Lipinski definition) is 2. The van der Waals surface area contributed by atoms with Crippen molar-refractivity contribution in [3.05, 3.63) is 0 Å². The molecule has 0 aliphatic rings. The van der Waals surface area contributed by atoms with Crippen molar-refractivity contribution in [1.82, 2.24) is 0 Å². The normalized spacial score (nSPS) is 13.4. The Bertz CT molecular complexity index is 72.1. The molecule has 0 aliphatic carbocycles. The SMILES string of the molecule is CSC(C)C(=N)N. The first-order valence-electron chi connectivity index (χ1n) is 2.05. The second kappa shape index (κ2) is 2.91. The Kier molecular flexibility index (Phi) is 2.83. The van der Waals surface area contributed by atoms with Crippen LogP contribution in [0.2, 0.25) is 0 Å². The highest BCUT2D eigenvalue weighted by molar-refractivity contribution is 7.99. The lowest BCUT2D eigenvalue weighted by molar-refractivity contribution is 1.23. The average Bonchev–Trinajstić information content (AvgIpc) is 1.65. The van der Waals surface area contributed by atoms with Crippen molar-refractivity contribution in [2.45, 2.75) is 12.2 Å². The predicted molar refractivity (Wildman–Crippen MR) is 34.9 cm³/mol. The Morgan fingerprint density at radius 3 is 2.29 bits per heavy atom. The molecule has 0 amide bonds. The summed E-state index contributed by atoms with van der Waals surface area (Å²) in [5.41, 5.74) is 5.11. The van der Waals surface area contributed by atoms with Crippen molar-refractivity contribution in [1.29, 1.82) is 5.41 Å². The maximum Gasteiger partial charge on any atom is 0.104 e. The van der Waals surface area contributed by atoms with E-state index < -0.39 is 0 Å². The van der Waals surface area contributed by atoms with E-state index in [1.807, 2.05) is 13.2 Å². The molecule has 0 spiro atoms. The minimum Gasteiger partial charge on any atom is -0.387 e. The van der Waals surface area contributed by atoms with Crippen LogP contribution in [0.4, 0.5) is 0 Å². The van der Waals surface area contributed by atoms with E-state index in [-0.39, 0.29) is 11.1 Å².